The summed E-state index contributed by atoms with van der Waals surface area (Å²) >= 11 is 0. The Hall–Kier alpha value is -2.93. The maximum absolute atomic E-state index is 14.6. The molecule has 3 heterocycles. The molecule has 0 aliphatic carbocycles. The summed E-state index contributed by atoms with van der Waals surface area (Å²) in [7, 11) is 0. The van der Waals surface area contributed by atoms with Gasteiger partial charge in [0.05, 0.1) is 31.6 Å². The van der Waals surface area contributed by atoms with E-state index in [1.165, 1.54) is 11.0 Å². The average Bonchev–Trinajstić information content (AvgIpc) is 3.08. The molecule has 2 aliphatic heterocycles. The van der Waals surface area contributed by atoms with E-state index in [0.717, 1.165) is 5.57 Å². The first-order valence-corrected chi connectivity index (χ1v) is 8.78. The molecule has 0 radical (unpaired) electrons. The number of benzene rings is 1. The lowest BCUT2D eigenvalue weighted by molar-refractivity contribution is 0.105. The van der Waals surface area contributed by atoms with Crippen molar-refractivity contribution >= 4 is 17.4 Å². The van der Waals surface area contributed by atoms with Crippen LogP contribution in [0.4, 0.5) is 14.9 Å². The topological polar surface area (TPSA) is 60.9 Å². The van der Waals surface area contributed by atoms with Crippen molar-refractivity contribution in [3.8, 4) is 5.75 Å². The molecule has 2 aromatic rings. The molecule has 140 valence electrons. The van der Waals surface area contributed by atoms with Crippen LogP contribution in [0.15, 0.2) is 48.8 Å². The van der Waals surface area contributed by atoms with Crippen LogP contribution < -0.4 is 9.64 Å². The summed E-state index contributed by atoms with van der Waals surface area (Å²) in [5.74, 6) is 0.246. The molecule has 7 heteroatoms. The minimum Gasteiger partial charge on any atom is -0.488 e. The standard InChI is InChI=1S/C20H19FN2O4/c21-19-10-15(3-4-18(19)14-5-8-25-9-6-14)23-12-17(27-20(23)24)13-26-16-2-1-7-22-11-16/h1-5,7,10-11,17H,6,8-9,12-13H2/t17-/m1/s1. The minimum atomic E-state index is -0.507. The van der Waals surface area contributed by atoms with Crippen molar-refractivity contribution in [2.24, 2.45) is 0 Å². The zero-order chi connectivity index (χ0) is 18.6. The molecule has 0 saturated carbocycles. The monoisotopic (exact) mass is 370 g/mol. The van der Waals surface area contributed by atoms with E-state index in [2.05, 4.69) is 4.98 Å². The van der Waals surface area contributed by atoms with E-state index in [4.69, 9.17) is 14.2 Å². The Kier molecular flexibility index (Phi) is 5.02. The normalized spacial score (nSPS) is 19.6. The van der Waals surface area contributed by atoms with Gasteiger partial charge in [-0.3, -0.25) is 9.88 Å². The number of hydrogen-bond donors (Lipinski definition) is 0. The fourth-order valence-electron chi connectivity index (χ4n) is 3.14. The van der Waals surface area contributed by atoms with E-state index in [0.29, 0.717) is 43.2 Å². The fraction of sp³-hybridized carbons (Fsp3) is 0.300. The summed E-state index contributed by atoms with van der Waals surface area (Å²) in [5.41, 5.74) is 1.95. The van der Waals surface area contributed by atoms with Crippen LogP contribution in [-0.4, -0.2) is 43.5 Å². The van der Waals surface area contributed by atoms with Gasteiger partial charge in [-0.1, -0.05) is 6.08 Å². The van der Waals surface area contributed by atoms with Gasteiger partial charge in [0.2, 0.25) is 0 Å². The van der Waals surface area contributed by atoms with Crippen molar-refractivity contribution in [3.05, 3.63) is 60.2 Å². The third-order valence-electron chi connectivity index (χ3n) is 4.52. The zero-order valence-electron chi connectivity index (χ0n) is 14.6. The lowest BCUT2D eigenvalue weighted by atomic mass is 10.0. The molecule has 6 nitrogen and oxygen atoms in total. The predicted octanol–water partition coefficient (Wildman–Crippen LogP) is 3.43. The number of anilines is 1. The summed E-state index contributed by atoms with van der Waals surface area (Å²) in [4.78, 5) is 17.6. The molecule has 1 amide bonds. The van der Waals surface area contributed by atoms with Crippen molar-refractivity contribution in [1.29, 1.82) is 0 Å². The molecule has 4 rings (SSSR count). The van der Waals surface area contributed by atoms with Gasteiger partial charge in [-0.05, 0) is 42.3 Å². The predicted molar refractivity (Wildman–Crippen MR) is 97.2 cm³/mol. The highest BCUT2D eigenvalue weighted by Gasteiger charge is 2.33. The van der Waals surface area contributed by atoms with E-state index < -0.39 is 12.2 Å². The van der Waals surface area contributed by atoms with E-state index in [9.17, 15) is 9.18 Å². The molecular formula is C20H19FN2O4. The highest BCUT2D eigenvalue weighted by Crippen LogP contribution is 2.29. The van der Waals surface area contributed by atoms with Gasteiger partial charge in [0, 0.05) is 11.8 Å². The third kappa shape index (κ3) is 3.93. The van der Waals surface area contributed by atoms with E-state index >= 15 is 0 Å². The second-order valence-corrected chi connectivity index (χ2v) is 6.33. The van der Waals surface area contributed by atoms with Crippen LogP contribution in [0.3, 0.4) is 0 Å². The van der Waals surface area contributed by atoms with Gasteiger partial charge < -0.3 is 14.2 Å². The Morgan fingerprint density at radius 3 is 3.00 bits per heavy atom. The molecule has 0 spiro atoms. The molecule has 0 unspecified atom stereocenters. The van der Waals surface area contributed by atoms with Gasteiger partial charge in [-0.15, -0.1) is 0 Å². The first-order chi connectivity index (χ1) is 13.2. The van der Waals surface area contributed by atoms with Crippen molar-refractivity contribution in [1.82, 2.24) is 4.98 Å². The Balaban J connectivity index is 1.43. The summed E-state index contributed by atoms with van der Waals surface area (Å²) in [6.45, 7) is 1.59. The molecule has 0 bridgehead atoms. The number of halogens is 1. The van der Waals surface area contributed by atoms with Crippen LogP contribution in [0.1, 0.15) is 12.0 Å². The largest absolute Gasteiger partial charge is 0.488 e. The first kappa shape index (κ1) is 17.5. The van der Waals surface area contributed by atoms with Gasteiger partial charge in [-0.2, -0.15) is 0 Å². The van der Waals surface area contributed by atoms with E-state index in [-0.39, 0.29) is 12.4 Å². The molecule has 1 saturated heterocycles. The SMILES string of the molecule is O=C1O[C@@H](COc2cccnc2)CN1c1ccc(C2=CCOCC2)c(F)c1. The van der Waals surface area contributed by atoms with Crippen LogP contribution in [0.2, 0.25) is 0 Å². The summed E-state index contributed by atoms with van der Waals surface area (Å²) in [5, 5.41) is 0. The molecule has 27 heavy (non-hydrogen) atoms. The minimum absolute atomic E-state index is 0.210. The van der Waals surface area contributed by atoms with Gasteiger partial charge >= 0.3 is 6.09 Å². The third-order valence-corrected chi connectivity index (χ3v) is 4.52. The van der Waals surface area contributed by atoms with Crippen molar-refractivity contribution in [3.63, 3.8) is 0 Å². The maximum atomic E-state index is 14.6. The number of rotatable bonds is 5. The van der Waals surface area contributed by atoms with E-state index in [1.54, 1.807) is 36.7 Å². The Morgan fingerprint density at radius 2 is 2.26 bits per heavy atom. The number of amides is 1. The smallest absolute Gasteiger partial charge is 0.414 e. The number of nitrogens with zero attached hydrogens (tertiary/aromatic N) is 2. The highest BCUT2D eigenvalue weighted by molar-refractivity contribution is 5.90. The Labute approximate surface area is 156 Å². The summed E-state index contributed by atoms with van der Waals surface area (Å²) in [6, 6.07) is 8.35. The Bertz CT molecular complexity index is 856. The summed E-state index contributed by atoms with van der Waals surface area (Å²) < 4.78 is 30.8. The first-order valence-electron chi connectivity index (χ1n) is 8.78. The number of aromatic nitrogens is 1. The van der Waals surface area contributed by atoms with E-state index in [1.807, 2.05) is 6.08 Å². The number of cyclic esters (lactones) is 1. The lowest BCUT2D eigenvalue weighted by Gasteiger charge is -2.17. The molecule has 2 aliphatic rings. The number of pyridine rings is 1. The van der Waals surface area contributed by atoms with Crippen LogP contribution >= 0.6 is 0 Å². The van der Waals surface area contributed by atoms with Gasteiger partial charge in [0.1, 0.15) is 18.2 Å². The molecule has 1 atom stereocenters. The number of hydrogen-bond acceptors (Lipinski definition) is 5. The van der Waals surface area contributed by atoms with Crippen LogP contribution in [0.5, 0.6) is 5.75 Å². The molecule has 0 N–H and O–H groups in total. The second kappa shape index (κ2) is 7.75. The molecule has 1 aromatic carbocycles. The molecule has 1 aromatic heterocycles. The van der Waals surface area contributed by atoms with Gasteiger partial charge in [0.15, 0.2) is 6.10 Å². The van der Waals surface area contributed by atoms with Crippen molar-refractivity contribution < 1.29 is 23.4 Å². The Morgan fingerprint density at radius 1 is 1.33 bits per heavy atom. The fourth-order valence-corrected chi connectivity index (χ4v) is 3.14. The number of carbonyl (C=O) groups is 1. The van der Waals surface area contributed by atoms with Crippen LogP contribution in [0, 0.1) is 5.82 Å². The second-order valence-electron chi connectivity index (χ2n) is 6.33. The van der Waals surface area contributed by atoms with Gasteiger partial charge in [-0.25, -0.2) is 9.18 Å². The number of carbonyl (C=O) groups excluding carboxylic acids is 1. The highest BCUT2D eigenvalue weighted by atomic mass is 19.1. The van der Waals surface area contributed by atoms with Crippen molar-refractivity contribution in [2.45, 2.75) is 12.5 Å². The van der Waals surface area contributed by atoms with Crippen LogP contribution in [0.25, 0.3) is 5.57 Å². The maximum Gasteiger partial charge on any atom is 0.414 e. The molecular weight excluding hydrogens is 351 g/mol. The van der Waals surface area contributed by atoms with Gasteiger partial charge in [0.25, 0.3) is 0 Å². The van der Waals surface area contributed by atoms with Crippen molar-refractivity contribution in [2.75, 3.05) is 31.3 Å². The lowest BCUT2D eigenvalue weighted by Crippen LogP contribution is -2.26. The zero-order valence-corrected chi connectivity index (χ0v) is 14.6. The average molecular weight is 370 g/mol. The molecule has 1 fully saturated rings. The quantitative estimate of drug-likeness (QED) is 0.807. The number of ether oxygens (including phenoxy) is 3. The summed E-state index contributed by atoms with van der Waals surface area (Å²) in [6.07, 6.45) is 4.87. The van der Waals surface area contributed by atoms with Crippen LogP contribution in [-0.2, 0) is 9.47 Å².